The molecule has 0 atom stereocenters. The lowest BCUT2D eigenvalue weighted by Gasteiger charge is -2.12. The van der Waals surface area contributed by atoms with Gasteiger partial charge in [-0.1, -0.05) is 12.1 Å². The topological polar surface area (TPSA) is 94.0 Å². The predicted octanol–water partition coefficient (Wildman–Crippen LogP) is 4.18. The first kappa shape index (κ1) is 24.2. The van der Waals surface area contributed by atoms with Crippen molar-refractivity contribution < 1.29 is 39.6 Å². The molecule has 33 heavy (non-hydrogen) atoms. The van der Waals surface area contributed by atoms with E-state index in [0.717, 1.165) is 31.6 Å². The number of hydrogen-bond acceptors (Lipinski definition) is 5. The Labute approximate surface area is 183 Å². The van der Waals surface area contributed by atoms with Gasteiger partial charge in [-0.25, -0.2) is 8.42 Å². The number of alkyl halides is 6. The first-order valence-electron chi connectivity index (χ1n) is 8.88. The van der Waals surface area contributed by atoms with Gasteiger partial charge in [0.1, 0.15) is 22.6 Å². The molecule has 0 unspecified atom stereocenters. The number of pyridine rings is 1. The van der Waals surface area contributed by atoms with Crippen LogP contribution in [0.5, 0.6) is 0 Å². The van der Waals surface area contributed by atoms with Gasteiger partial charge in [0.2, 0.25) is 0 Å². The van der Waals surface area contributed by atoms with Crippen LogP contribution in [0.4, 0.5) is 32.0 Å². The molecule has 3 rings (SSSR count). The van der Waals surface area contributed by atoms with E-state index in [4.69, 9.17) is 0 Å². The third-order valence-electron chi connectivity index (χ3n) is 4.39. The Hall–Kier alpha value is -3.42. The summed E-state index contributed by atoms with van der Waals surface area (Å²) in [4.78, 5) is 15.5. The number of rotatable bonds is 4. The Bertz CT molecular complexity index is 1330. The molecule has 176 valence electrons. The maximum absolute atomic E-state index is 14.0. The van der Waals surface area contributed by atoms with E-state index < -0.39 is 56.4 Å². The third-order valence-corrected chi connectivity index (χ3v) is 5.50. The molecule has 0 aliphatic rings. The molecule has 0 spiro atoms. The number of hydrogen-bond donors (Lipinski definition) is 1. The minimum atomic E-state index is -5.10. The predicted molar refractivity (Wildman–Crippen MR) is 104 cm³/mol. The van der Waals surface area contributed by atoms with Crippen molar-refractivity contribution in [2.24, 2.45) is 7.05 Å². The number of nitrogens with one attached hydrogen (secondary N) is 1. The zero-order valence-corrected chi connectivity index (χ0v) is 17.6. The molecule has 0 saturated carbocycles. The zero-order chi connectivity index (χ0) is 24.8. The van der Waals surface area contributed by atoms with Crippen LogP contribution >= 0.6 is 0 Å². The highest BCUT2D eigenvalue weighted by Gasteiger charge is 2.42. The number of aryl methyl sites for hydroxylation is 1. The maximum Gasteiger partial charge on any atom is 0.433 e. The number of anilines is 1. The summed E-state index contributed by atoms with van der Waals surface area (Å²) < 4.78 is 105. The lowest BCUT2D eigenvalue weighted by atomic mass is 10.0. The fourth-order valence-corrected chi connectivity index (χ4v) is 3.65. The largest absolute Gasteiger partial charge is 0.433 e. The zero-order valence-electron chi connectivity index (χ0n) is 16.8. The molecule has 3 aromatic rings. The molecule has 1 aromatic carbocycles. The fraction of sp³-hybridized carbons (Fsp3) is 0.211. The van der Waals surface area contributed by atoms with Crippen LogP contribution in [0.2, 0.25) is 0 Å². The molecule has 1 amide bonds. The summed E-state index contributed by atoms with van der Waals surface area (Å²) in [5.74, 6) is -1.37. The molecule has 0 bridgehead atoms. The lowest BCUT2D eigenvalue weighted by Crippen LogP contribution is -2.21. The second-order valence-electron chi connectivity index (χ2n) is 6.88. The van der Waals surface area contributed by atoms with Gasteiger partial charge >= 0.3 is 12.4 Å². The SMILES string of the molecule is Cn1nc(-c2cccc(S(C)(=O)=O)c2)c(C(F)(F)F)c1C(=O)Nc1ccnc(C(F)(F)F)c1. The highest BCUT2D eigenvalue weighted by atomic mass is 32.2. The van der Waals surface area contributed by atoms with Crippen molar-refractivity contribution in [1.82, 2.24) is 14.8 Å². The molecule has 0 aliphatic heterocycles. The van der Waals surface area contributed by atoms with E-state index in [-0.39, 0.29) is 10.5 Å². The fourth-order valence-electron chi connectivity index (χ4n) is 2.98. The van der Waals surface area contributed by atoms with Crippen molar-refractivity contribution >= 4 is 21.4 Å². The molecule has 2 heterocycles. The number of sulfone groups is 1. The summed E-state index contributed by atoms with van der Waals surface area (Å²) in [5.41, 5.74) is -5.17. The van der Waals surface area contributed by atoms with Crippen molar-refractivity contribution in [3.05, 3.63) is 59.5 Å². The highest BCUT2D eigenvalue weighted by Crippen LogP contribution is 2.40. The van der Waals surface area contributed by atoms with Gasteiger partial charge in [-0.3, -0.25) is 14.5 Å². The monoisotopic (exact) mass is 492 g/mol. The first-order chi connectivity index (χ1) is 15.1. The maximum atomic E-state index is 14.0. The second-order valence-corrected chi connectivity index (χ2v) is 8.89. The van der Waals surface area contributed by atoms with Crippen LogP contribution in [0.15, 0.2) is 47.5 Å². The van der Waals surface area contributed by atoms with E-state index in [1.54, 1.807) is 0 Å². The van der Waals surface area contributed by atoms with Crippen LogP contribution < -0.4 is 5.32 Å². The van der Waals surface area contributed by atoms with Crippen molar-refractivity contribution in [1.29, 1.82) is 0 Å². The first-order valence-corrected chi connectivity index (χ1v) is 10.8. The number of carbonyl (C=O) groups is 1. The standard InChI is InChI=1S/C19H14F6N4O3S/c1-29-16(17(30)27-11-6-7-26-13(9-11)18(20,21)22)14(19(23,24)25)15(28-29)10-4-3-5-12(8-10)33(2,31)32/h3-9H,1-2H3,(H,26,27,30). The van der Waals surface area contributed by atoms with Gasteiger partial charge in [0.25, 0.3) is 5.91 Å². The summed E-state index contributed by atoms with van der Waals surface area (Å²) in [5, 5.41) is 5.73. The molecule has 0 saturated heterocycles. The van der Waals surface area contributed by atoms with Crippen LogP contribution in [-0.4, -0.2) is 35.3 Å². The molecular formula is C19H14F6N4O3S. The van der Waals surface area contributed by atoms with E-state index >= 15 is 0 Å². The lowest BCUT2D eigenvalue weighted by molar-refractivity contribution is -0.141. The molecule has 2 aromatic heterocycles. The van der Waals surface area contributed by atoms with E-state index in [1.165, 1.54) is 18.2 Å². The Morgan fingerprint density at radius 1 is 1.03 bits per heavy atom. The summed E-state index contributed by atoms with van der Waals surface area (Å²) in [6.45, 7) is 0. The van der Waals surface area contributed by atoms with Crippen molar-refractivity contribution in [3.63, 3.8) is 0 Å². The summed E-state index contributed by atoms with van der Waals surface area (Å²) in [6.07, 6.45) is -8.32. The average Bonchev–Trinajstić information content (AvgIpc) is 3.05. The minimum absolute atomic E-state index is 0.219. The number of aromatic nitrogens is 3. The van der Waals surface area contributed by atoms with E-state index in [0.29, 0.717) is 10.7 Å². The van der Waals surface area contributed by atoms with Crippen LogP contribution in [0.25, 0.3) is 11.3 Å². The second kappa shape index (κ2) is 8.17. The van der Waals surface area contributed by atoms with Gasteiger partial charge in [0.15, 0.2) is 9.84 Å². The van der Waals surface area contributed by atoms with Crippen LogP contribution in [-0.2, 0) is 29.2 Å². The normalized spacial score (nSPS) is 12.6. The minimum Gasteiger partial charge on any atom is -0.321 e. The number of carbonyl (C=O) groups excluding carboxylic acids is 1. The van der Waals surface area contributed by atoms with Crippen LogP contribution in [0.3, 0.4) is 0 Å². The molecular weight excluding hydrogens is 478 g/mol. The third kappa shape index (κ3) is 5.16. The summed E-state index contributed by atoms with van der Waals surface area (Å²) >= 11 is 0. The van der Waals surface area contributed by atoms with Gasteiger partial charge in [-0.15, -0.1) is 0 Å². The van der Waals surface area contributed by atoms with Gasteiger partial charge in [0, 0.05) is 30.8 Å². The summed E-state index contributed by atoms with van der Waals surface area (Å²) in [7, 11) is -2.71. The molecule has 1 N–H and O–H groups in total. The number of amides is 1. The molecule has 0 aliphatic carbocycles. The Morgan fingerprint density at radius 3 is 2.27 bits per heavy atom. The quantitative estimate of drug-likeness (QED) is 0.552. The number of benzene rings is 1. The molecule has 0 radical (unpaired) electrons. The van der Waals surface area contributed by atoms with E-state index in [9.17, 15) is 39.6 Å². The Balaban J connectivity index is 2.11. The highest BCUT2D eigenvalue weighted by molar-refractivity contribution is 7.90. The van der Waals surface area contributed by atoms with E-state index in [1.807, 2.05) is 5.32 Å². The average molecular weight is 492 g/mol. The molecule has 0 fully saturated rings. The molecule has 14 heteroatoms. The number of halogens is 6. The Morgan fingerprint density at radius 2 is 1.70 bits per heavy atom. The van der Waals surface area contributed by atoms with E-state index in [2.05, 4.69) is 10.1 Å². The Kier molecular flexibility index (Phi) is 6.00. The molecule has 7 nitrogen and oxygen atoms in total. The number of nitrogens with zero attached hydrogens (tertiary/aromatic N) is 3. The van der Waals surface area contributed by atoms with Crippen molar-refractivity contribution in [2.45, 2.75) is 17.2 Å². The van der Waals surface area contributed by atoms with Gasteiger partial charge in [0.05, 0.1) is 4.90 Å². The van der Waals surface area contributed by atoms with Gasteiger partial charge < -0.3 is 5.32 Å². The van der Waals surface area contributed by atoms with Crippen LogP contribution in [0, 0.1) is 0 Å². The summed E-state index contributed by atoms with van der Waals surface area (Å²) in [6, 6.07) is 6.02. The van der Waals surface area contributed by atoms with Gasteiger partial charge in [-0.05, 0) is 24.3 Å². The van der Waals surface area contributed by atoms with Crippen molar-refractivity contribution in [2.75, 3.05) is 11.6 Å². The smallest absolute Gasteiger partial charge is 0.321 e. The van der Waals surface area contributed by atoms with Crippen LogP contribution in [0.1, 0.15) is 21.7 Å². The van der Waals surface area contributed by atoms with Gasteiger partial charge in [-0.2, -0.15) is 31.4 Å². The van der Waals surface area contributed by atoms with Crippen molar-refractivity contribution in [3.8, 4) is 11.3 Å².